The van der Waals surface area contributed by atoms with Crippen molar-refractivity contribution < 1.29 is 19.4 Å². The second-order valence-corrected chi connectivity index (χ2v) is 6.86. The molecule has 2 fully saturated rings. The Morgan fingerprint density at radius 2 is 2.36 bits per heavy atom. The molecule has 2 saturated heterocycles. The molecule has 0 saturated carbocycles. The fraction of sp³-hybridized carbons (Fsp3) is 0.706. The summed E-state index contributed by atoms with van der Waals surface area (Å²) in [7, 11) is 1.75. The largest absolute Gasteiger partial charge is 0.449 e. The van der Waals surface area contributed by atoms with Gasteiger partial charge in [-0.3, -0.25) is 4.90 Å². The smallest absolute Gasteiger partial charge is 0.331 e. The van der Waals surface area contributed by atoms with Crippen LogP contribution in [0, 0.1) is 0 Å². The molecule has 4 rings (SSSR count). The minimum Gasteiger partial charge on any atom is -0.449 e. The van der Waals surface area contributed by atoms with Crippen molar-refractivity contribution in [3.05, 3.63) is 23.3 Å². The fourth-order valence-corrected chi connectivity index (χ4v) is 4.97. The number of aliphatic hydroxyl groups excluding tert-OH is 1. The number of rotatable bonds is 2. The van der Waals surface area contributed by atoms with Gasteiger partial charge in [-0.15, -0.1) is 0 Å². The molecule has 4 aliphatic rings. The van der Waals surface area contributed by atoms with Crippen LogP contribution in [0.1, 0.15) is 32.1 Å². The summed E-state index contributed by atoms with van der Waals surface area (Å²) in [6.07, 6.45) is 8.51. The van der Waals surface area contributed by atoms with E-state index in [-0.39, 0.29) is 24.2 Å². The molecular formula is C17H23NO4. The Balaban J connectivity index is 1.89. The van der Waals surface area contributed by atoms with E-state index in [1.54, 1.807) is 13.2 Å². The number of fused-ring (bicyclic) bond motifs is 1. The zero-order chi connectivity index (χ0) is 15.4. The number of carbonyl (C=O) groups excluding carboxylic acids is 1. The average Bonchev–Trinajstić information content (AvgIpc) is 3.03. The first-order valence-electron chi connectivity index (χ1n) is 8.18. The molecule has 22 heavy (non-hydrogen) atoms. The van der Waals surface area contributed by atoms with Gasteiger partial charge in [0.2, 0.25) is 0 Å². The summed E-state index contributed by atoms with van der Waals surface area (Å²) in [5.41, 5.74) is 1.23. The number of esters is 1. The van der Waals surface area contributed by atoms with Crippen LogP contribution in [0.5, 0.6) is 0 Å². The predicted octanol–water partition coefficient (Wildman–Crippen LogP) is 1.17. The third-order valence-electron chi connectivity index (χ3n) is 5.96. The molecule has 120 valence electrons. The number of aliphatic hydroxyl groups is 1. The van der Waals surface area contributed by atoms with Crippen molar-refractivity contribution in [1.29, 1.82) is 0 Å². The van der Waals surface area contributed by atoms with Crippen LogP contribution in [-0.4, -0.2) is 60.0 Å². The lowest BCUT2D eigenvalue weighted by Crippen LogP contribution is -2.54. The minimum absolute atomic E-state index is 0.134. The van der Waals surface area contributed by atoms with Gasteiger partial charge < -0.3 is 14.6 Å². The third kappa shape index (κ3) is 1.73. The van der Waals surface area contributed by atoms with E-state index < -0.39 is 5.60 Å². The molecule has 1 spiro atoms. The Morgan fingerprint density at radius 3 is 3.14 bits per heavy atom. The molecule has 3 heterocycles. The van der Waals surface area contributed by atoms with Crippen LogP contribution in [0.3, 0.4) is 0 Å². The van der Waals surface area contributed by atoms with Crippen LogP contribution >= 0.6 is 0 Å². The number of ether oxygens (including phenoxy) is 2. The third-order valence-corrected chi connectivity index (χ3v) is 5.96. The van der Waals surface area contributed by atoms with Gasteiger partial charge in [0, 0.05) is 31.7 Å². The molecule has 3 atom stereocenters. The lowest BCUT2D eigenvalue weighted by Gasteiger charge is -2.46. The maximum absolute atomic E-state index is 12.0. The number of hydrogen-bond acceptors (Lipinski definition) is 5. The highest BCUT2D eigenvalue weighted by Crippen LogP contribution is 2.54. The van der Waals surface area contributed by atoms with E-state index in [0.29, 0.717) is 6.42 Å². The van der Waals surface area contributed by atoms with Crippen LogP contribution in [0.4, 0.5) is 0 Å². The summed E-state index contributed by atoms with van der Waals surface area (Å²) in [4.78, 5) is 14.5. The standard InChI is InChI=1S/C17H23NO4/c1-21-13-4-3-12-5-8-18-7-2-6-16(11-19)14(9-15(20)22-16)17(12,18)10-13/h3,9,13,19H,2,4-8,10-11H2,1H3/t13-,16+,17-/m0/s1. The van der Waals surface area contributed by atoms with Gasteiger partial charge in [-0.1, -0.05) is 6.08 Å². The van der Waals surface area contributed by atoms with Crippen LogP contribution in [-0.2, 0) is 14.3 Å². The Hall–Kier alpha value is -1.17. The first-order chi connectivity index (χ1) is 10.6. The van der Waals surface area contributed by atoms with Crippen LogP contribution < -0.4 is 0 Å². The quantitative estimate of drug-likeness (QED) is 0.613. The van der Waals surface area contributed by atoms with E-state index in [1.807, 2.05) is 0 Å². The van der Waals surface area contributed by atoms with Gasteiger partial charge in [-0.2, -0.15) is 0 Å². The van der Waals surface area contributed by atoms with Crippen molar-refractivity contribution in [2.24, 2.45) is 0 Å². The van der Waals surface area contributed by atoms with Crippen molar-refractivity contribution >= 4 is 5.97 Å². The van der Waals surface area contributed by atoms with E-state index in [2.05, 4.69) is 11.0 Å². The Labute approximate surface area is 130 Å². The molecule has 0 bridgehead atoms. The summed E-state index contributed by atoms with van der Waals surface area (Å²) >= 11 is 0. The monoisotopic (exact) mass is 305 g/mol. The summed E-state index contributed by atoms with van der Waals surface area (Å²) < 4.78 is 11.3. The van der Waals surface area contributed by atoms with E-state index in [9.17, 15) is 9.90 Å². The molecule has 1 N–H and O–H groups in total. The first-order valence-corrected chi connectivity index (χ1v) is 8.18. The Bertz CT molecular complexity index is 569. The SMILES string of the molecule is CO[C@H]1CC=C2CCN3CCC[C@]4(CO)OC(=O)C=C4[C@]23C1. The predicted molar refractivity (Wildman–Crippen MR) is 80.3 cm³/mol. The van der Waals surface area contributed by atoms with Crippen molar-refractivity contribution in [2.75, 3.05) is 26.8 Å². The second-order valence-electron chi connectivity index (χ2n) is 6.86. The van der Waals surface area contributed by atoms with Gasteiger partial charge in [-0.25, -0.2) is 4.79 Å². The van der Waals surface area contributed by atoms with Crippen LogP contribution in [0.2, 0.25) is 0 Å². The summed E-state index contributed by atoms with van der Waals surface area (Å²) in [5, 5.41) is 10.0. The summed E-state index contributed by atoms with van der Waals surface area (Å²) in [5.74, 6) is -0.314. The van der Waals surface area contributed by atoms with E-state index in [0.717, 1.165) is 44.3 Å². The highest BCUT2D eigenvalue weighted by atomic mass is 16.6. The van der Waals surface area contributed by atoms with Crippen LogP contribution in [0.25, 0.3) is 0 Å². The number of hydrogen-bond donors (Lipinski definition) is 1. The highest BCUT2D eigenvalue weighted by molar-refractivity contribution is 5.88. The molecule has 0 amide bonds. The topological polar surface area (TPSA) is 59.0 Å². The van der Waals surface area contributed by atoms with Gasteiger partial charge in [0.05, 0.1) is 18.2 Å². The van der Waals surface area contributed by atoms with Gasteiger partial charge in [-0.05, 0) is 37.8 Å². The number of methoxy groups -OCH3 is 1. The molecule has 0 unspecified atom stereocenters. The van der Waals surface area contributed by atoms with Gasteiger partial charge in [0.1, 0.15) is 0 Å². The lowest BCUT2D eigenvalue weighted by atomic mass is 9.69. The van der Waals surface area contributed by atoms with Crippen molar-refractivity contribution in [3.63, 3.8) is 0 Å². The highest BCUT2D eigenvalue weighted by Gasteiger charge is 2.60. The first kappa shape index (κ1) is 14.4. The molecule has 0 radical (unpaired) electrons. The van der Waals surface area contributed by atoms with E-state index in [4.69, 9.17) is 9.47 Å². The number of nitrogens with zero attached hydrogens (tertiary/aromatic N) is 1. The van der Waals surface area contributed by atoms with Gasteiger partial charge in [0.25, 0.3) is 0 Å². The van der Waals surface area contributed by atoms with Crippen molar-refractivity contribution in [3.8, 4) is 0 Å². The minimum atomic E-state index is -0.828. The van der Waals surface area contributed by atoms with Gasteiger partial charge in [0.15, 0.2) is 5.60 Å². The lowest BCUT2D eigenvalue weighted by molar-refractivity contribution is -0.150. The molecule has 5 heteroatoms. The van der Waals surface area contributed by atoms with Crippen molar-refractivity contribution in [1.82, 2.24) is 4.90 Å². The second kappa shape index (κ2) is 4.91. The zero-order valence-electron chi connectivity index (χ0n) is 13.0. The zero-order valence-corrected chi connectivity index (χ0v) is 13.0. The number of carbonyl (C=O) groups is 1. The fourth-order valence-electron chi connectivity index (χ4n) is 4.97. The van der Waals surface area contributed by atoms with E-state index in [1.165, 1.54) is 5.57 Å². The Kier molecular flexibility index (Phi) is 3.22. The van der Waals surface area contributed by atoms with Crippen molar-refractivity contribution in [2.45, 2.75) is 49.3 Å². The molecule has 0 aromatic heterocycles. The molecule has 0 aromatic rings. The molecule has 5 nitrogen and oxygen atoms in total. The van der Waals surface area contributed by atoms with Gasteiger partial charge >= 0.3 is 5.97 Å². The average molecular weight is 305 g/mol. The molecule has 3 aliphatic heterocycles. The molecular weight excluding hydrogens is 282 g/mol. The Morgan fingerprint density at radius 1 is 1.50 bits per heavy atom. The molecule has 1 aliphatic carbocycles. The molecule has 0 aromatic carbocycles. The van der Waals surface area contributed by atoms with Crippen LogP contribution in [0.15, 0.2) is 23.3 Å². The maximum Gasteiger partial charge on any atom is 0.331 e. The van der Waals surface area contributed by atoms with E-state index >= 15 is 0 Å². The summed E-state index contributed by atoms with van der Waals surface area (Å²) in [6.45, 7) is 1.85. The summed E-state index contributed by atoms with van der Waals surface area (Å²) in [6, 6.07) is 0. The normalized spacial score (nSPS) is 41.0. The maximum atomic E-state index is 12.0.